The molecule has 0 amide bonds. The van der Waals surface area contributed by atoms with Crippen molar-refractivity contribution >= 4 is 28.3 Å². The lowest BCUT2D eigenvalue weighted by Gasteiger charge is -2.12. The molecule has 0 unspecified atom stereocenters. The second kappa shape index (κ2) is 8.64. The van der Waals surface area contributed by atoms with E-state index in [4.69, 9.17) is 9.82 Å². The van der Waals surface area contributed by atoms with Gasteiger partial charge in [-0.3, -0.25) is 9.63 Å². The second-order valence-corrected chi connectivity index (χ2v) is 8.72. The van der Waals surface area contributed by atoms with Crippen LogP contribution in [0.25, 0.3) is 16.7 Å². The molecule has 1 atom stereocenters. The minimum atomic E-state index is -0.463. The van der Waals surface area contributed by atoms with Crippen LogP contribution in [0, 0.1) is 13.8 Å². The van der Waals surface area contributed by atoms with Crippen LogP contribution in [0.4, 0.5) is 11.6 Å². The Morgan fingerprint density at radius 3 is 2.85 bits per heavy atom. The quantitative estimate of drug-likeness (QED) is 0.422. The summed E-state index contributed by atoms with van der Waals surface area (Å²) >= 11 is 0. The molecule has 2 N–H and O–H groups in total. The van der Waals surface area contributed by atoms with Crippen LogP contribution in [0.1, 0.15) is 34.1 Å². The summed E-state index contributed by atoms with van der Waals surface area (Å²) in [7, 11) is 1.93. The normalized spacial score (nSPS) is 16.4. The third-order valence-corrected chi connectivity index (χ3v) is 6.00. The maximum atomic E-state index is 12.0. The highest BCUT2D eigenvalue weighted by Gasteiger charge is 2.23. The highest BCUT2D eigenvalue weighted by atomic mass is 16.7. The Morgan fingerprint density at radius 2 is 2.12 bits per heavy atom. The lowest BCUT2D eigenvalue weighted by atomic mass is 10.1. The van der Waals surface area contributed by atoms with Crippen LogP contribution in [-0.2, 0) is 18.4 Å². The topological polar surface area (TPSA) is 110 Å². The first-order chi connectivity index (χ1) is 16.3. The van der Waals surface area contributed by atoms with Crippen molar-refractivity contribution in [2.45, 2.75) is 33.4 Å². The van der Waals surface area contributed by atoms with E-state index < -0.39 is 6.10 Å². The van der Waals surface area contributed by atoms with Crippen LogP contribution in [0.3, 0.4) is 0 Å². The average Bonchev–Trinajstić information content (AvgIpc) is 3.47. The molecule has 0 spiro atoms. The first kappa shape index (κ1) is 22.2. The number of aliphatic hydroxyl groups is 1. The number of rotatable bonds is 6. The minimum absolute atomic E-state index is 0.0234. The van der Waals surface area contributed by atoms with E-state index in [0.717, 1.165) is 33.4 Å². The van der Waals surface area contributed by atoms with E-state index in [9.17, 15) is 9.90 Å². The van der Waals surface area contributed by atoms with Crippen LogP contribution in [-0.4, -0.2) is 59.5 Å². The van der Waals surface area contributed by atoms with Gasteiger partial charge in [0.15, 0.2) is 11.6 Å². The van der Waals surface area contributed by atoms with Gasteiger partial charge in [0.1, 0.15) is 0 Å². The van der Waals surface area contributed by atoms with Crippen molar-refractivity contribution in [1.29, 1.82) is 0 Å². The van der Waals surface area contributed by atoms with Crippen LogP contribution < -0.4 is 5.32 Å². The van der Waals surface area contributed by atoms with E-state index in [1.54, 1.807) is 22.9 Å². The number of aliphatic hydroxyl groups excluding tert-OH is 1. The Hall–Kier alpha value is -3.60. The summed E-state index contributed by atoms with van der Waals surface area (Å²) in [5.41, 5.74) is 5.19. The van der Waals surface area contributed by atoms with Gasteiger partial charge < -0.3 is 15.0 Å². The number of anilines is 2. The number of β-amino-alcohol motifs (C(OH)–C–C–N with tert-alkyl or cyclic N) is 1. The van der Waals surface area contributed by atoms with Crippen LogP contribution in [0.15, 0.2) is 36.8 Å². The number of Topliss-reactive ketones (excluding diaryl/α,β-unsaturated/α-hetero) is 1. The number of nitrogens with zero attached hydrogens (tertiary/aromatic N) is 6. The van der Waals surface area contributed by atoms with Crippen molar-refractivity contribution in [3.8, 4) is 5.82 Å². The van der Waals surface area contributed by atoms with Gasteiger partial charge in [0.2, 0.25) is 5.95 Å². The maximum Gasteiger partial charge on any atom is 0.229 e. The van der Waals surface area contributed by atoms with Gasteiger partial charge in [-0.05, 0) is 39.0 Å². The summed E-state index contributed by atoms with van der Waals surface area (Å²) in [5, 5.41) is 20.2. The summed E-state index contributed by atoms with van der Waals surface area (Å²) in [5.74, 6) is 1.12. The molecule has 176 valence electrons. The largest absolute Gasteiger partial charge is 0.389 e. The van der Waals surface area contributed by atoms with Gasteiger partial charge in [0.25, 0.3) is 0 Å². The number of carbonyl (C=O) groups is 1. The van der Waals surface area contributed by atoms with Crippen molar-refractivity contribution in [3.63, 3.8) is 0 Å². The number of carbonyl (C=O) groups excluding carboxylic acids is 1. The van der Waals surface area contributed by atoms with Gasteiger partial charge >= 0.3 is 0 Å². The first-order valence-electron chi connectivity index (χ1n) is 11.1. The Morgan fingerprint density at radius 1 is 1.29 bits per heavy atom. The van der Waals surface area contributed by atoms with E-state index in [1.165, 1.54) is 0 Å². The number of nitrogens with one attached hydrogen (secondary N) is 1. The summed E-state index contributed by atoms with van der Waals surface area (Å²) < 4.78 is 3.69. The number of hydrogen-bond donors (Lipinski definition) is 2. The predicted molar refractivity (Wildman–Crippen MR) is 127 cm³/mol. The molecule has 1 aliphatic heterocycles. The second-order valence-electron chi connectivity index (χ2n) is 8.72. The molecular weight excluding hydrogens is 434 g/mol. The molecule has 4 aromatic rings. The standard InChI is InChI=1S/C24H27N7O3/c1-14-8-25-24(26-18-5-6-22-20(7-18)21(16(3)32)12-29(22)4)27-23(14)31-10-17(15(2)28-31)9-30-11-19(33)13-34-30/h5-8,10,12,19,33H,9,11,13H2,1-4H3,(H,25,26,27)/t19-/m0/s1. The van der Waals surface area contributed by atoms with Gasteiger partial charge in [-0.25, -0.2) is 9.67 Å². The van der Waals surface area contributed by atoms with Crippen LogP contribution in [0.2, 0.25) is 0 Å². The van der Waals surface area contributed by atoms with Crippen molar-refractivity contribution in [2.24, 2.45) is 7.05 Å². The smallest absolute Gasteiger partial charge is 0.229 e. The summed E-state index contributed by atoms with van der Waals surface area (Å²) in [6.45, 7) is 6.77. The fourth-order valence-electron chi connectivity index (χ4n) is 4.20. The number of hydroxylamine groups is 2. The molecule has 0 bridgehead atoms. The lowest BCUT2D eigenvalue weighted by Crippen LogP contribution is -2.20. The molecule has 5 rings (SSSR count). The minimum Gasteiger partial charge on any atom is -0.389 e. The van der Waals surface area contributed by atoms with Crippen molar-refractivity contribution in [2.75, 3.05) is 18.5 Å². The Labute approximate surface area is 196 Å². The third kappa shape index (κ3) is 4.18. The first-order valence-corrected chi connectivity index (χ1v) is 11.1. The van der Waals surface area contributed by atoms with E-state index in [2.05, 4.69) is 15.4 Å². The number of ketones is 1. The van der Waals surface area contributed by atoms with Gasteiger partial charge in [0.05, 0.1) is 31.5 Å². The molecule has 0 saturated carbocycles. The van der Waals surface area contributed by atoms with Gasteiger partial charge in [-0.2, -0.15) is 15.1 Å². The van der Waals surface area contributed by atoms with Crippen LogP contribution >= 0.6 is 0 Å². The van der Waals surface area contributed by atoms with Crippen molar-refractivity contribution < 1.29 is 14.7 Å². The SMILES string of the molecule is CC(=O)c1cn(C)c2ccc(Nc3ncc(C)c(-n4cc(CN5C[C@H](O)CO5)c(C)n4)n3)cc12. The highest BCUT2D eigenvalue weighted by molar-refractivity contribution is 6.07. The monoisotopic (exact) mass is 461 g/mol. The lowest BCUT2D eigenvalue weighted by molar-refractivity contribution is -0.118. The van der Waals surface area contributed by atoms with Gasteiger partial charge in [-0.15, -0.1) is 0 Å². The zero-order valence-electron chi connectivity index (χ0n) is 19.6. The fraction of sp³-hybridized carbons (Fsp3) is 0.333. The molecule has 1 aromatic carbocycles. The Bertz CT molecular complexity index is 1390. The number of hydrogen-bond acceptors (Lipinski definition) is 8. The fourth-order valence-corrected chi connectivity index (χ4v) is 4.20. The maximum absolute atomic E-state index is 12.0. The summed E-state index contributed by atoms with van der Waals surface area (Å²) in [4.78, 5) is 26.7. The average molecular weight is 462 g/mol. The van der Waals surface area contributed by atoms with E-state index >= 15 is 0 Å². The van der Waals surface area contributed by atoms with Crippen molar-refractivity contribution in [3.05, 3.63) is 59.2 Å². The molecule has 3 aromatic heterocycles. The number of fused-ring (bicyclic) bond motifs is 1. The van der Waals surface area contributed by atoms with E-state index in [1.807, 2.05) is 56.1 Å². The molecular formula is C24H27N7O3. The molecule has 1 saturated heterocycles. The van der Waals surface area contributed by atoms with Gasteiger partial charge in [-0.1, -0.05) is 0 Å². The predicted octanol–water partition coefficient (Wildman–Crippen LogP) is 2.83. The number of aromatic nitrogens is 5. The molecule has 34 heavy (non-hydrogen) atoms. The van der Waals surface area contributed by atoms with E-state index in [0.29, 0.717) is 37.0 Å². The highest BCUT2D eigenvalue weighted by Crippen LogP contribution is 2.26. The zero-order valence-corrected chi connectivity index (χ0v) is 19.6. The zero-order chi connectivity index (χ0) is 24.0. The Kier molecular flexibility index (Phi) is 5.64. The number of aryl methyl sites for hydroxylation is 3. The summed E-state index contributed by atoms with van der Waals surface area (Å²) in [6, 6.07) is 5.85. The molecule has 10 nitrogen and oxygen atoms in total. The van der Waals surface area contributed by atoms with Crippen LogP contribution in [0.5, 0.6) is 0 Å². The molecule has 4 heterocycles. The molecule has 1 aliphatic rings. The summed E-state index contributed by atoms with van der Waals surface area (Å²) in [6.07, 6.45) is 5.07. The van der Waals surface area contributed by atoms with Crippen molar-refractivity contribution in [1.82, 2.24) is 29.4 Å². The molecule has 0 aliphatic carbocycles. The Balaban J connectivity index is 1.42. The molecule has 10 heteroatoms. The molecule has 1 fully saturated rings. The number of benzene rings is 1. The third-order valence-electron chi connectivity index (χ3n) is 6.00. The molecule has 0 radical (unpaired) electrons. The van der Waals surface area contributed by atoms with Gasteiger partial charge in [0, 0.05) is 58.9 Å². The van der Waals surface area contributed by atoms with E-state index in [-0.39, 0.29) is 5.78 Å².